The van der Waals surface area contributed by atoms with Gasteiger partial charge in [0.05, 0.1) is 0 Å². The van der Waals surface area contributed by atoms with Crippen LogP contribution in [0.4, 0.5) is 4.39 Å². The van der Waals surface area contributed by atoms with Crippen molar-refractivity contribution in [2.24, 2.45) is 0 Å². The van der Waals surface area contributed by atoms with Gasteiger partial charge < -0.3 is 9.73 Å². The smallest absolute Gasteiger partial charge is 0.262 e. The van der Waals surface area contributed by atoms with E-state index in [-0.39, 0.29) is 17.9 Å². The number of rotatable bonds is 5. The van der Waals surface area contributed by atoms with Crippen molar-refractivity contribution in [1.82, 2.24) is 10.3 Å². The summed E-state index contributed by atoms with van der Waals surface area (Å²) in [4.78, 5) is 16.1. The van der Waals surface area contributed by atoms with Crippen LogP contribution in [-0.2, 0) is 11.3 Å². The molecule has 3 rings (SSSR count). The molecule has 5 nitrogen and oxygen atoms in total. The third kappa shape index (κ3) is 4.22. The Labute approximate surface area is 149 Å². The molecule has 1 aromatic carbocycles. The predicted molar refractivity (Wildman–Crippen MR) is 93.8 cm³/mol. The minimum Gasteiger partial charge on any atom is -0.457 e. The number of amides is 1. The van der Waals surface area contributed by atoms with Crippen LogP contribution in [0.5, 0.6) is 0 Å². The minimum absolute atomic E-state index is 0.0751. The zero-order valence-electron chi connectivity index (χ0n) is 13.6. The van der Waals surface area contributed by atoms with Gasteiger partial charge in [0.2, 0.25) is 0 Å². The topological polar surface area (TPSA) is 78.9 Å². The number of hydrogen-bond acceptors (Lipinski definition) is 4. The van der Waals surface area contributed by atoms with Crippen LogP contribution in [-0.4, -0.2) is 10.9 Å². The summed E-state index contributed by atoms with van der Waals surface area (Å²) in [6.45, 7) is 0.269. The SMILES string of the molecule is N#CC(=Cc1ccc(-c2ccc(F)cc2)o1)C(=O)NCc1cccnc1. The van der Waals surface area contributed by atoms with Gasteiger partial charge >= 0.3 is 0 Å². The van der Waals surface area contributed by atoms with E-state index < -0.39 is 5.91 Å². The van der Waals surface area contributed by atoms with Gasteiger partial charge in [-0.3, -0.25) is 9.78 Å². The molecule has 0 radical (unpaired) electrons. The van der Waals surface area contributed by atoms with Gasteiger partial charge in [-0.15, -0.1) is 0 Å². The second kappa shape index (κ2) is 7.90. The third-order valence-corrected chi connectivity index (χ3v) is 3.58. The Morgan fingerprint density at radius 1 is 1.23 bits per heavy atom. The molecule has 0 saturated heterocycles. The Morgan fingerprint density at radius 3 is 2.73 bits per heavy atom. The Morgan fingerprint density at radius 2 is 2.04 bits per heavy atom. The van der Waals surface area contributed by atoms with E-state index in [0.717, 1.165) is 5.56 Å². The summed E-state index contributed by atoms with van der Waals surface area (Å²) >= 11 is 0. The summed E-state index contributed by atoms with van der Waals surface area (Å²) in [5, 5.41) is 11.9. The van der Waals surface area contributed by atoms with Gasteiger partial charge in [0.15, 0.2) is 0 Å². The molecule has 128 valence electrons. The molecule has 0 spiro atoms. The van der Waals surface area contributed by atoms with Gasteiger partial charge in [-0.1, -0.05) is 6.07 Å². The van der Waals surface area contributed by atoms with E-state index in [1.54, 1.807) is 42.7 Å². The molecule has 0 unspecified atom stereocenters. The maximum absolute atomic E-state index is 13.0. The standard InChI is InChI=1S/C20H14FN3O2/c21-17-5-3-15(4-6-17)19-8-7-18(26-19)10-16(11-22)20(25)24-13-14-2-1-9-23-12-14/h1-10,12H,13H2,(H,24,25). The van der Waals surface area contributed by atoms with Crippen molar-refractivity contribution in [3.8, 4) is 17.4 Å². The molecule has 1 amide bonds. The average molecular weight is 347 g/mol. The zero-order chi connectivity index (χ0) is 18.4. The molecular formula is C20H14FN3O2. The number of furan rings is 1. The van der Waals surface area contributed by atoms with Crippen molar-refractivity contribution in [3.63, 3.8) is 0 Å². The summed E-state index contributed by atoms with van der Waals surface area (Å²) in [5.41, 5.74) is 1.45. The van der Waals surface area contributed by atoms with Gasteiger partial charge in [0, 0.05) is 30.6 Å². The molecule has 0 saturated carbocycles. The van der Waals surface area contributed by atoms with Crippen molar-refractivity contribution in [2.75, 3.05) is 0 Å². The fourth-order valence-electron chi connectivity index (χ4n) is 2.27. The van der Waals surface area contributed by atoms with E-state index >= 15 is 0 Å². The normalized spacial score (nSPS) is 11.0. The average Bonchev–Trinajstić information content (AvgIpc) is 3.14. The summed E-state index contributed by atoms with van der Waals surface area (Å²) in [6, 6.07) is 14.6. The molecule has 1 N–H and O–H groups in total. The highest BCUT2D eigenvalue weighted by Crippen LogP contribution is 2.23. The quantitative estimate of drug-likeness (QED) is 0.564. The third-order valence-electron chi connectivity index (χ3n) is 3.58. The number of carbonyl (C=O) groups is 1. The number of pyridine rings is 1. The number of hydrogen-bond donors (Lipinski definition) is 1. The van der Waals surface area contributed by atoms with Gasteiger partial charge in [-0.25, -0.2) is 4.39 Å². The van der Waals surface area contributed by atoms with Gasteiger partial charge in [-0.2, -0.15) is 5.26 Å². The van der Waals surface area contributed by atoms with E-state index in [0.29, 0.717) is 17.1 Å². The molecule has 26 heavy (non-hydrogen) atoms. The van der Waals surface area contributed by atoms with Crippen LogP contribution in [0.1, 0.15) is 11.3 Å². The lowest BCUT2D eigenvalue weighted by atomic mass is 10.2. The van der Waals surface area contributed by atoms with Crippen LogP contribution in [0.25, 0.3) is 17.4 Å². The van der Waals surface area contributed by atoms with Crippen LogP contribution in [0.2, 0.25) is 0 Å². The number of nitriles is 1. The fraction of sp³-hybridized carbons (Fsp3) is 0.0500. The number of benzene rings is 1. The lowest BCUT2D eigenvalue weighted by Crippen LogP contribution is -2.23. The molecule has 0 fully saturated rings. The first-order chi connectivity index (χ1) is 12.7. The molecule has 0 atom stereocenters. The lowest BCUT2D eigenvalue weighted by molar-refractivity contribution is -0.117. The van der Waals surface area contributed by atoms with Gasteiger partial charge in [-0.05, 0) is 48.0 Å². The summed E-state index contributed by atoms with van der Waals surface area (Å²) in [6.07, 6.45) is 4.64. The number of nitrogens with zero attached hydrogens (tertiary/aromatic N) is 2. The van der Waals surface area contributed by atoms with E-state index in [2.05, 4.69) is 10.3 Å². The molecular weight excluding hydrogens is 333 g/mol. The molecule has 0 aliphatic rings. The van der Waals surface area contributed by atoms with Crippen molar-refractivity contribution in [2.45, 2.75) is 6.54 Å². The highest BCUT2D eigenvalue weighted by atomic mass is 19.1. The molecule has 0 aliphatic carbocycles. The predicted octanol–water partition coefficient (Wildman–Crippen LogP) is 3.70. The lowest BCUT2D eigenvalue weighted by Gasteiger charge is -2.03. The first-order valence-electron chi connectivity index (χ1n) is 7.80. The maximum atomic E-state index is 13.0. The molecule has 6 heteroatoms. The molecule has 2 heterocycles. The second-order valence-corrected chi connectivity index (χ2v) is 5.42. The number of aromatic nitrogens is 1. The highest BCUT2D eigenvalue weighted by molar-refractivity contribution is 6.01. The van der Waals surface area contributed by atoms with Crippen LogP contribution >= 0.6 is 0 Å². The molecule has 3 aromatic rings. The Hall–Kier alpha value is -3.72. The van der Waals surface area contributed by atoms with E-state index in [9.17, 15) is 14.4 Å². The Bertz CT molecular complexity index is 970. The first kappa shape index (κ1) is 17.1. The summed E-state index contributed by atoms with van der Waals surface area (Å²) in [5.74, 6) is 0.0373. The largest absolute Gasteiger partial charge is 0.457 e. The van der Waals surface area contributed by atoms with Crippen LogP contribution in [0.15, 0.2) is 70.9 Å². The first-order valence-corrected chi connectivity index (χ1v) is 7.80. The molecule has 0 aliphatic heterocycles. The number of carbonyl (C=O) groups excluding carboxylic acids is 1. The number of nitrogens with one attached hydrogen (secondary N) is 1. The summed E-state index contributed by atoms with van der Waals surface area (Å²) < 4.78 is 18.6. The molecule has 2 aromatic heterocycles. The minimum atomic E-state index is -0.504. The van der Waals surface area contributed by atoms with E-state index in [1.165, 1.54) is 18.2 Å². The van der Waals surface area contributed by atoms with E-state index in [4.69, 9.17) is 4.42 Å². The van der Waals surface area contributed by atoms with Gasteiger partial charge in [0.25, 0.3) is 5.91 Å². The van der Waals surface area contributed by atoms with Crippen molar-refractivity contribution in [1.29, 1.82) is 5.26 Å². The monoisotopic (exact) mass is 347 g/mol. The van der Waals surface area contributed by atoms with Crippen LogP contribution in [0, 0.1) is 17.1 Å². The van der Waals surface area contributed by atoms with Crippen LogP contribution < -0.4 is 5.32 Å². The molecule has 0 bridgehead atoms. The Kier molecular flexibility index (Phi) is 5.20. The van der Waals surface area contributed by atoms with Crippen molar-refractivity contribution >= 4 is 12.0 Å². The van der Waals surface area contributed by atoms with Crippen LogP contribution in [0.3, 0.4) is 0 Å². The Balaban J connectivity index is 1.71. The van der Waals surface area contributed by atoms with E-state index in [1.807, 2.05) is 12.1 Å². The summed E-state index contributed by atoms with van der Waals surface area (Å²) in [7, 11) is 0. The van der Waals surface area contributed by atoms with Crippen molar-refractivity contribution in [3.05, 3.63) is 83.6 Å². The fourth-order valence-corrected chi connectivity index (χ4v) is 2.27. The highest BCUT2D eigenvalue weighted by Gasteiger charge is 2.11. The number of halogens is 1. The zero-order valence-corrected chi connectivity index (χ0v) is 13.6. The van der Waals surface area contributed by atoms with Gasteiger partial charge in [0.1, 0.15) is 29.0 Å². The maximum Gasteiger partial charge on any atom is 0.262 e. The second-order valence-electron chi connectivity index (χ2n) is 5.42. The van der Waals surface area contributed by atoms with Crippen molar-refractivity contribution < 1.29 is 13.6 Å².